The SMILES string of the molecule is CCNC(Cc1ccccn1)c1ccc(OC)nn1. The van der Waals surface area contributed by atoms with Gasteiger partial charge in [-0.15, -0.1) is 5.10 Å². The van der Waals surface area contributed by atoms with Crippen LogP contribution in [0.3, 0.4) is 0 Å². The third-order valence-electron chi connectivity index (χ3n) is 2.82. The molecule has 0 aliphatic carbocycles. The fraction of sp³-hybridized carbons (Fsp3) is 0.357. The first-order valence-electron chi connectivity index (χ1n) is 6.34. The number of rotatable bonds is 6. The number of hydrogen-bond donors (Lipinski definition) is 1. The third kappa shape index (κ3) is 3.72. The van der Waals surface area contributed by atoms with Crippen molar-refractivity contribution in [3.8, 4) is 5.88 Å². The summed E-state index contributed by atoms with van der Waals surface area (Å²) >= 11 is 0. The van der Waals surface area contributed by atoms with Gasteiger partial charge in [0.2, 0.25) is 5.88 Å². The highest BCUT2D eigenvalue weighted by atomic mass is 16.5. The Labute approximate surface area is 113 Å². The van der Waals surface area contributed by atoms with E-state index < -0.39 is 0 Å². The molecule has 1 atom stereocenters. The van der Waals surface area contributed by atoms with Gasteiger partial charge in [-0.2, -0.15) is 5.10 Å². The van der Waals surface area contributed by atoms with Gasteiger partial charge in [0, 0.05) is 24.4 Å². The number of hydrogen-bond acceptors (Lipinski definition) is 5. The Hall–Kier alpha value is -2.01. The molecule has 5 nitrogen and oxygen atoms in total. The number of aromatic nitrogens is 3. The summed E-state index contributed by atoms with van der Waals surface area (Å²) in [5.41, 5.74) is 1.93. The Morgan fingerprint density at radius 2 is 2.11 bits per heavy atom. The van der Waals surface area contributed by atoms with Gasteiger partial charge < -0.3 is 10.1 Å². The molecule has 100 valence electrons. The minimum Gasteiger partial charge on any atom is -0.480 e. The van der Waals surface area contributed by atoms with Gasteiger partial charge in [0.05, 0.1) is 18.8 Å². The Bertz CT molecular complexity index is 487. The van der Waals surface area contributed by atoms with Crippen LogP contribution < -0.4 is 10.1 Å². The van der Waals surface area contributed by atoms with E-state index in [0.29, 0.717) is 5.88 Å². The lowest BCUT2D eigenvalue weighted by Crippen LogP contribution is -2.24. The van der Waals surface area contributed by atoms with Crippen LogP contribution in [0.15, 0.2) is 36.5 Å². The largest absolute Gasteiger partial charge is 0.480 e. The maximum absolute atomic E-state index is 5.02. The molecule has 2 heterocycles. The Kier molecular flexibility index (Phi) is 4.80. The number of nitrogens with one attached hydrogen (secondary N) is 1. The molecule has 2 aromatic heterocycles. The predicted molar refractivity (Wildman–Crippen MR) is 72.9 cm³/mol. The van der Waals surface area contributed by atoms with Crippen molar-refractivity contribution >= 4 is 0 Å². The molecule has 0 saturated carbocycles. The average molecular weight is 258 g/mol. The van der Waals surface area contributed by atoms with Crippen LogP contribution in [0.25, 0.3) is 0 Å². The van der Waals surface area contributed by atoms with Crippen LogP contribution in [0.2, 0.25) is 0 Å². The monoisotopic (exact) mass is 258 g/mol. The van der Waals surface area contributed by atoms with Crippen LogP contribution in [-0.4, -0.2) is 28.8 Å². The first kappa shape index (κ1) is 13.4. The number of likely N-dealkylation sites (N-methyl/N-ethyl adjacent to an activating group) is 1. The summed E-state index contributed by atoms with van der Waals surface area (Å²) in [7, 11) is 1.58. The fourth-order valence-electron chi connectivity index (χ4n) is 1.88. The minimum atomic E-state index is 0.110. The summed E-state index contributed by atoms with van der Waals surface area (Å²) in [5, 5.41) is 11.6. The van der Waals surface area contributed by atoms with Crippen molar-refractivity contribution in [2.45, 2.75) is 19.4 Å². The Morgan fingerprint density at radius 3 is 2.68 bits per heavy atom. The van der Waals surface area contributed by atoms with Crippen LogP contribution in [-0.2, 0) is 6.42 Å². The van der Waals surface area contributed by atoms with E-state index in [1.807, 2.05) is 30.3 Å². The van der Waals surface area contributed by atoms with Crippen LogP contribution in [0, 0.1) is 0 Å². The molecule has 0 fully saturated rings. The molecule has 1 unspecified atom stereocenters. The molecular formula is C14H18N4O. The van der Waals surface area contributed by atoms with Crippen LogP contribution in [0.5, 0.6) is 5.88 Å². The highest BCUT2D eigenvalue weighted by molar-refractivity contribution is 5.16. The standard InChI is InChI=1S/C14H18N4O/c1-3-15-13(10-11-6-4-5-9-16-11)12-7-8-14(19-2)18-17-12/h4-9,13,15H,3,10H2,1-2H3. The smallest absolute Gasteiger partial charge is 0.233 e. The number of pyridine rings is 1. The molecule has 0 saturated heterocycles. The van der Waals surface area contributed by atoms with Crippen molar-refractivity contribution in [3.05, 3.63) is 47.9 Å². The lowest BCUT2D eigenvalue weighted by Gasteiger charge is -2.16. The van der Waals surface area contributed by atoms with E-state index in [0.717, 1.165) is 24.4 Å². The van der Waals surface area contributed by atoms with E-state index in [9.17, 15) is 0 Å². The molecule has 0 spiro atoms. The summed E-state index contributed by atoms with van der Waals surface area (Å²) in [6, 6.07) is 9.79. The van der Waals surface area contributed by atoms with Crippen molar-refractivity contribution in [3.63, 3.8) is 0 Å². The zero-order valence-electron chi connectivity index (χ0n) is 11.2. The van der Waals surface area contributed by atoms with Gasteiger partial charge in [-0.05, 0) is 24.7 Å². The Balaban J connectivity index is 2.14. The van der Waals surface area contributed by atoms with Crippen molar-refractivity contribution in [2.75, 3.05) is 13.7 Å². The maximum atomic E-state index is 5.02. The van der Waals surface area contributed by atoms with Crippen molar-refractivity contribution < 1.29 is 4.74 Å². The third-order valence-corrected chi connectivity index (χ3v) is 2.82. The van der Waals surface area contributed by atoms with Gasteiger partial charge in [0.1, 0.15) is 0 Å². The second kappa shape index (κ2) is 6.80. The Morgan fingerprint density at radius 1 is 1.21 bits per heavy atom. The summed E-state index contributed by atoms with van der Waals surface area (Å²) < 4.78 is 5.02. The maximum Gasteiger partial charge on any atom is 0.233 e. The highest BCUT2D eigenvalue weighted by Gasteiger charge is 2.14. The molecule has 2 aromatic rings. The van der Waals surface area contributed by atoms with Crippen molar-refractivity contribution in [1.29, 1.82) is 0 Å². The predicted octanol–water partition coefficient (Wildman–Crippen LogP) is 1.77. The molecule has 0 aromatic carbocycles. The van der Waals surface area contributed by atoms with Crippen LogP contribution in [0.1, 0.15) is 24.4 Å². The van der Waals surface area contributed by atoms with Gasteiger partial charge in [0.25, 0.3) is 0 Å². The fourth-order valence-corrected chi connectivity index (χ4v) is 1.88. The van der Waals surface area contributed by atoms with E-state index in [-0.39, 0.29) is 6.04 Å². The molecule has 5 heteroatoms. The van der Waals surface area contributed by atoms with Gasteiger partial charge >= 0.3 is 0 Å². The molecule has 0 aliphatic heterocycles. The highest BCUT2D eigenvalue weighted by Crippen LogP contribution is 2.16. The minimum absolute atomic E-state index is 0.110. The molecule has 19 heavy (non-hydrogen) atoms. The molecular weight excluding hydrogens is 240 g/mol. The summed E-state index contributed by atoms with van der Waals surface area (Å²) in [6.45, 7) is 2.94. The summed E-state index contributed by atoms with van der Waals surface area (Å²) in [4.78, 5) is 4.35. The summed E-state index contributed by atoms with van der Waals surface area (Å²) in [5.74, 6) is 0.525. The molecule has 0 aliphatic rings. The average Bonchev–Trinajstić information content (AvgIpc) is 2.48. The summed E-state index contributed by atoms with van der Waals surface area (Å²) in [6.07, 6.45) is 2.59. The quantitative estimate of drug-likeness (QED) is 0.855. The van der Waals surface area contributed by atoms with Crippen molar-refractivity contribution in [2.24, 2.45) is 0 Å². The zero-order valence-corrected chi connectivity index (χ0v) is 11.2. The molecule has 0 amide bonds. The lowest BCUT2D eigenvalue weighted by molar-refractivity contribution is 0.389. The van der Waals surface area contributed by atoms with E-state index in [4.69, 9.17) is 4.74 Å². The lowest BCUT2D eigenvalue weighted by atomic mass is 10.1. The number of nitrogens with zero attached hydrogens (tertiary/aromatic N) is 3. The van der Waals surface area contributed by atoms with E-state index >= 15 is 0 Å². The first-order valence-corrected chi connectivity index (χ1v) is 6.34. The van der Waals surface area contributed by atoms with E-state index in [2.05, 4.69) is 27.4 Å². The topological polar surface area (TPSA) is 59.9 Å². The zero-order chi connectivity index (χ0) is 13.5. The van der Waals surface area contributed by atoms with E-state index in [1.54, 1.807) is 13.3 Å². The van der Waals surface area contributed by atoms with Gasteiger partial charge in [-0.1, -0.05) is 13.0 Å². The molecule has 1 N–H and O–H groups in total. The first-order chi connectivity index (χ1) is 9.33. The van der Waals surface area contributed by atoms with Gasteiger partial charge in [-0.3, -0.25) is 4.98 Å². The van der Waals surface area contributed by atoms with Crippen LogP contribution in [0.4, 0.5) is 0 Å². The number of methoxy groups -OCH3 is 1. The second-order valence-electron chi connectivity index (χ2n) is 4.14. The molecule has 0 radical (unpaired) electrons. The number of ether oxygens (including phenoxy) is 1. The van der Waals surface area contributed by atoms with Gasteiger partial charge in [-0.25, -0.2) is 0 Å². The van der Waals surface area contributed by atoms with Gasteiger partial charge in [0.15, 0.2) is 0 Å². The molecule has 0 bridgehead atoms. The molecule has 2 rings (SSSR count). The second-order valence-corrected chi connectivity index (χ2v) is 4.14. The van der Waals surface area contributed by atoms with Crippen LogP contribution >= 0.6 is 0 Å². The normalized spacial score (nSPS) is 12.1. The van der Waals surface area contributed by atoms with Crippen molar-refractivity contribution in [1.82, 2.24) is 20.5 Å². The van der Waals surface area contributed by atoms with E-state index in [1.165, 1.54) is 0 Å².